The second-order valence-electron chi connectivity index (χ2n) is 6.86. The van der Waals surface area contributed by atoms with Crippen molar-refractivity contribution in [3.63, 3.8) is 0 Å². The molecule has 0 radical (unpaired) electrons. The quantitative estimate of drug-likeness (QED) is 0.356. The fourth-order valence-corrected chi connectivity index (χ4v) is 3.68. The van der Waals surface area contributed by atoms with E-state index in [4.69, 9.17) is 16.3 Å². The molecular weight excluding hydrogens is 416 g/mol. The Morgan fingerprint density at radius 3 is 2.39 bits per heavy atom. The van der Waals surface area contributed by atoms with Crippen LogP contribution in [0.5, 0.6) is 5.75 Å². The number of aliphatic hydroxyl groups excluding tert-OH is 1. The van der Waals surface area contributed by atoms with Crippen LogP contribution >= 0.6 is 11.6 Å². The van der Waals surface area contributed by atoms with Gasteiger partial charge in [-0.25, -0.2) is 0 Å². The van der Waals surface area contributed by atoms with Crippen LogP contribution in [0, 0.1) is 0 Å². The van der Waals surface area contributed by atoms with Crippen molar-refractivity contribution in [1.29, 1.82) is 0 Å². The van der Waals surface area contributed by atoms with Crippen LogP contribution in [0.3, 0.4) is 0 Å². The van der Waals surface area contributed by atoms with Crippen molar-refractivity contribution >= 4 is 34.7 Å². The number of ether oxygens (including phenoxy) is 1. The Bertz CT molecular complexity index is 1140. The molecule has 0 bridgehead atoms. The van der Waals surface area contributed by atoms with Gasteiger partial charge in [0.15, 0.2) is 0 Å². The number of pyridine rings is 1. The predicted molar refractivity (Wildman–Crippen MR) is 118 cm³/mol. The molecule has 1 fully saturated rings. The smallest absolute Gasteiger partial charge is 0.300 e. The van der Waals surface area contributed by atoms with E-state index in [1.165, 1.54) is 4.90 Å². The Kier molecular flexibility index (Phi) is 5.73. The molecular formula is C24H19ClN2O4. The van der Waals surface area contributed by atoms with E-state index in [1.807, 2.05) is 6.92 Å². The Labute approximate surface area is 184 Å². The topological polar surface area (TPSA) is 79.7 Å². The number of aromatic nitrogens is 1. The van der Waals surface area contributed by atoms with Crippen LogP contribution < -0.4 is 9.64 Å². The maximum atomic E-state index is 13.0. The third-order valence-electron chi connectivity index (χ3n) is 4.96. The van der Waals surface area contributed by atoms with Gasteiger partial charge >= 0.3 is 0 Å². The number of ketones is 1. The molecule has 1 aromatic heterocycles. The first-order valence-corrected chi connectivity index (χ1v) is 10.1. The molecule has 1 N–H and O–H groups in total. The normalized spacial score (nSPS) is 17.7. The van der Waals surface area contributed by atoms with Crippen molar-refractivity contribution < 1.29 is 19.4 Å². The average molecular weight is 435 g/mol. The molecule has 1 atom stereocenters. The van der Waals surface area contributed by atoms with Crippen LogP contribution in [-0.2, 0) is 9.59 Å². The summed E-state index contributed by atoms with van der Waals surface area (Å²) in [6.45, 7) is 2.39. The number of anilines is 1. The van der Waals surface area contributed by atoms with Gasteiger partial charge in [0.05, 0.1) is 17.9 Å². The Morgan fingerprint density at radius 2 is 1.77 bits per heavy atom. The Hall–Kier alpha value is -3.64. The summed E-state index contributed by atoms with van der Waals surface area (Å²) in [5, 5.41) is 11.6. The first-order chi connectivity index (χ1) is 15.0. The average Bonchev–Trinajstić information content (AvgIpc) is 3.06. The van der Waals surface area contributed by atoms with Crippen molar-refractivity contribution in [3.8, 4) is 5.75 Å². The number of nitrogens with zero attached hydrogens (tertiary/aromatic N) is 2. The molecule has 4 rings (SSSR count). The zero-order chi connectivity index (χ0) is 22.0. The van der Waals surface area contributed by atoms with E-state index in [9.17, 15) is 14.7 Å². The van der Waals surface area contributed by atoms with Gasteiger partial charge in [0.25, 0.3) is 11.7 Å². The number of rotatable bonds is 5. The predicted octanol–water partition coefficient (Wildman–Crippen LogP) is 4.76. The van der Waals surface area contributed by atoms with Gasteiger partial charge in [0.1, 0.15) is 17.6 Å². The highest BCUT2D eigenvalue weighted by atomic mass is 35.5. The molecule has 7 heteroatoms. The first kappa shape index (κ1) is 20.6. The van der Waals surface area contributed by atoms with E-state index in [1.54, 1.807) is 72.9 Å². The summed E-state index contributed by atoms with van der Waals surface area (Å²) in [5.41, 5.74) is 1.32. The highest BCUT2D eigenvalue weighted by molar-refractivity contribution is 6.51. The van der Waals surface area contributed by atoms with Crippen LogP contribution in [-0.4, -0.2) is 28.4 Å². The molecule has 3 aromatic rings. The summed E-state index contributed by atoms with van der Waals surface area (Å²) in [6.07, 6.45) is 1.58. The lowest BCUT2D eigenvalue weighted by Gasteiger charge is -2.24. The zero-order valence-electron chi connectivity index (χ0n) is 16.7. The largest absolute Gasteiger partial charge is 0.507 e. The van der Waals surface area contributed by atoms with E-state index in [2.05, 4.69) is 4.98 Å². The number of carbonyl (C=O) groups is 2. The molecule has 2 heterocycles. The lowest BCUT2D eigenvalue weighted by Crippen LogP contribution is -2.29. The molecule has 0 saturated carbocycles. The molecule has 1 saturated heterocycles. The van der Waals surface area contributed by atoms with Crippen LogP contribution in [0.4, 0.5) is 5.69 Å². The highest BCUT2D eigenvalue weighted by Crippen LogP contribution is 2.41. The summed E-state index contributed by atoms with van der Waals surface area (Å²) >= 11 is 5.99. The molecule has 0 spiro atoms. The van der Waals surface area contributed by atoms with Crippen molar-refractivity contribution in [1.82, 2.24) is 4.98 Å². The summed E-state index contributed by atoms with van der Waals surface area (Å²) in [7, 11) is 0. The summed E-state index contributed by atoms with van der Waals surface area (Å²) in [4.78, 5) is 31.7. The van der Waals surface area contributed by atoms with Crippen molar-refractivity contribution in [2.24, 2.45) is 0 Å². The maximum absolute atomic E-state index is 13.0. The van der Waals surface area contributed by atoms with E-state index < -0.39 is 17.7 Å². The third kappa shape index (κ3) is 3.90. The van der Waals surface area contributed by atoms with E-state index in [-0.39, 0.29) is 11.3 Å². The van der Waals surface area contributed by atoms with Gasteiger partial charge in [0, 0.05) is 22.5 Å². The SMILES string of the molecule is CCOc1ccc(/C(O)=C2/C(=O)C(=O)N(c3ccc(Cl)cc3)C2c2ccccn2)cc1. The lowest BCUT2D eigenvalue weighted by molar-refractivity contribution is -0.132. The fraction of sp³-hybridized carbons (Fsp3) is 0.125. The van der Waals surface area contributed by atoms with Crippen LogP contribution in [0.25, 0.3) is 5.76 Å². The van der Waals surface area contributed by atoms with Crippen molar-refractivity contribution in [2.45, 2.75) is 13.0 Å². The number of Topliss-reactive ketones (excluding diaryl/α,β-unsaturated/α-hetero) is 1. The molecule has 1 aliphatic heterocycles. The molecule has 0 aliphatic carbocycles. The van der Waals surface area contributed by atoms with Crippen LogP contribution in [0.15, 0.2) is 78.5 Å². The lowest BCUT2D eigenvalue weighted by atomic mass is 9.98. The molecule has 1 amide bonds. The van der Waals surface area contributed by atoms with Gasteiger partial charge < -0.3 is 9.84 Å². The van der Waals surface area contributed by atoms with Gasteiger partial charge in [-0.1, -0.05) is 17.7 Å². The first-order valence-electron chi connectivity index (χ1n) is 9.72. The minimum absolute atomic E-state index is 0.0252. The van der Waals surface area contributed by atoms with E-state index >= 15 is 0 Å². The van der Waals surface area contributed by atoms with Crippen LogP contribution in [0.1, 0.15) is 24.2 Å². The highest BCUT2D eigenvalue weighted by Gasteiger charge is 2.47. The molecule has 31 heavy (non-hydrogen) atoms. The Morgan fingerprint density at radius 1 is 1.06 bits per heavy atom. The second-order valence-corrected chi connectivity index (χ2v) is 7.29. The molecule has 6 nitrogen and oxygen atoms in total. The molecule has 1 unspecified atom stereocenters. The monoisotopic (exact) mass is 434 g/mol. The van der Waals surface area contributed by atoms with Gasteiger partial charge in [-0.15, -0.1) is 0 Å². The van der Waals surface area contributed by atoms with Gasteiger partial charge in [-0.05, 0) is 67.6 Å². The standard InChI is InChI=1S/C24H19ClN2O4/c1-2-31-18-12-6-15(7-13-18)22(28)20-21(19-5-3-4-14-26-19)27(24(30)23(20)29)17-10-8-16(25)9-11-17/h3-14,21,28H,2H2,1H3/b22-20-. The molecule has 156 valence electrons. The van der Waals surface area contributed by atoms with E-state index in [0.717, 1.165) is 0 Å². The van der Waals surface area contributed by atoms with Crippen LogP contribution in [0.2, 0.25) is 5.02 Å². The van der Waals surface area contributed by atoms with Gasteiger partial charge in [-0.2, -0.15) is 0 Å². The maximum Gasteiger partial charge on any atom is 0.300 e. The Balaban J connectivity index is 1.87. The third-order valence-corrected chi connectivity index (χ3v) is 5.21. The molecule has 2 aromatic carbocycles. The van der Waals surface area contributed by atoms with E-state index in [0.29, 0.717) is 34.3 Å². The number of halogens is 1. The summed E-state index contributed by atoms with van der Waals surface area (Å²) in [5.74, 6) is -1.15. The number of hydrogen-bond donors (Lipinski definition) is 1. The van der Waals surface area contributed by atoms with Crippen molar-refractivity contribution in [3.05, 3.63) is 94.8 Å². The zero-order valence-corrected chi connectivity index (χ0v) is 17.4. The summed E-state index contributed by atoms with van der Waals surface area (Å²) < 4.78 is 5.43. The number of benzene rings is 2. The number of hydrogen-bond acceptors (Lipinski definition) is 5. The van der Waals surface area contributed by atoms with Crippen molar-refractivity contribution in [2.75, 3.05) is 11.5 Å². The summed E-state index contributed by atoms with van der Waals surface area (Å²) in [6, 6.07) is 17.6. The fourth-order valence-electron chi connectivity index (χ4n) is 3.55. The van der Waals surface area contributed by atoms with Gasteiger partial charge in [0.2, 0.25) is 0 Å². The molecule has 1 aliphatic rings. The minimum atomic E-state index is -0.881. The second kappa shape index (κ2) is 8.62. The number of aliphatic hydroxyl groups is 1. The number of amides is 1. The van der Waals surface area contributed by atoms with Gasteiger partial charge in [-0.3, -0.25) is 19.5 Å². The minimum Gasteiger partial charge on any atom is -0.507 e. The number of carbonyl (C=O) groups excluding carboxylic acids is 2.